The van der Waals surface area contributed by atoms with Crippen LogP contribution in [0, 0.1) is 11.6 Å². The van der Waals surface area contributed by atoms with E-state index in [1.807, 2.05) is 0 Å². The predicted molar refractivity (Wildman–Crippen MR) is 94.2 cm³/mol. The molecule has 1 aliphatic carbocycles. The molecule has 0 aliphatic heterocycles. The zero-order valence-electron chi connectivity index (χ0n) is 14.0. The minimum atomic E-state index is -0.879. The molecule has 0 unspecified atom stereocenters. The molecule has 1 fully saturated rings. The van der Waals surface area contributed by atoms with Crippen LogP contribution in [0.3, 0.4) is 0 Å². The number of nitrogens with zero attached hydrogens (tertiary/aromatic N) is 4. The Kier molecular flexibility index (Phi) is 4.76. The van der Waals surface area contributed by atoms with Crippen molar-refractivity contribution in [1.82, 2.24) is 19.6 Å². The van der Waals surface area contributed by atoms with Crippen LogP contribution in [0.2, 0.25) is 0 Å². The van der Waals surface area contributed by atoms with Crippen LogP contribution in [0.4, 0.5) is 8.78 Å². The van der Waals surface area contributed by atoms with Gasteiger partial charge in [-0.05, 0) is 25.0 Å². The van der Waals surface area contributed by atoms with Crippen LogP contribution in [-0.2, 0) is 5.75 Å². The van der Waals surface area contributed by atoms with Crippen molar-refractivity contribution < 1.29 is 13.9 Å². The van der Waals surface area contributed by atoms with Crippen molar-refractivity contribution in [3.63, 3.8) is 0 Å². The second-order valence-corrected chi connectivity index (χ2v) is 7.48. The van der Waals surface area contributed by atoms with Gasteiger partial charge in [-0.25, -0.2) is 13.8 Å². The van der Waals surface area contributed by atoms with E-state index in [9.17, 15) is 13.9 Å². The summed E-state index contributed by atoms with van der Waals surface area (Å²) < 4.78 is 28.4. The number of aromatic hydroxyl groups is 1. The number of hydrogen-bond donors (Lipinski definition) is 1. The van der Waals surface area contributed by atoms with E-state index in [0.717, 1.165) is 30.7 Å². The van der Waals surface area contributed by atoms with Gasteiger partial charge in [-0.2, -0.15) is 9.50 Å². The number of halogens is 2. The van der Waals surface area contributed by atoms with Crippen LogP contribution >= 0.6 is 11.8 Å². The van der Waals surface area contributed by atoms with Crippen LogP contribution < -0.4 is 0 Å². The molecule has 3 aromatic rings. The zero-order valence-corrected chi connectivity index (χ0v) is 14.8. The van der Waals surface area contributed by atoms with E-state index in [2.05, 4.69) is 15.1 Å². The van der Waals surface area contributed by atoms with E-state index in [-0.39, 0.29) is 16.5 Å². The number of benzene rings is 1. The molecule has 8 heteroatoms. The molecule has 2 heterocycles. The lowest BCUT2D eigenvalue weighted by Gasteiger charge is -2.17. The second-order valence-electron chi connectivity index (χ2n) is 6.46. The lowest BCUT2D eigenvalue weighted by atomic mass is 9.89. The van der Waals surface area contributed by atoms with Gasteiger partial charge in [0, 0.05) is 22.6 Å². The van der Waals surface area contributed by atoms with Gasteiger partial charge in [-0.3, -0.25) is 0 Å². The highest BCUT2D eigenvalue weighted by Crippen LogP contribution is 2.32. The van der Waals surface area contributed by atoms with Crippen molar-refractivity contribution in [2.75, 3.05) is 0 Å². The molecule has 4 rings (SSSR count). The molecule has 1 aromatic carbocycles. The molecule has 2 aromatic heterocycles. The fourth-order valence-corrected chi connectivity index (χ4v) is 4.12. The summed E-state index contributed by atoms with van der Waals surface area (Å²) in [7, 11) is 0. The van der Waals surface area contributed by atoms with Gasteiger partial charge in [-0.15, -0.1) is 16.9 Å². The summed E-state index contributed by atoms with van der Waals surface area (Å²) >= 11 is 1.12. The monoisotopic (exact) mass is 376 g/mol. The molecular formula is C18H18F2N4OS. The van der Waals surface area contributed by atoms with Gasteiger partial charge < -0.3 is 5.11 Å². The second kappa shape index (κ2) is 7.19. The molecule has 0 saturated heterocycles. The van der Waals surface area contributed by atoms with Gasteiger partial charge >= 0.3 is 0 Å². The number of thioether (sulfide) groups is 1. The van der Waals surface area contributed by atoms with Crippen LogP contribution in [-0.4, -0.2) is 24.7 Å². The maximum atomic E-state index is 13.8. The highest BCUT2D eigenvalue weighted by Gasteiger charge is 2.21. The van der Waals surface area contributed by atoms with Crippen molar-refractivity contribution >= 4 is 17.5 Å². The number of hydrogen-bond acceptors (Lipinski definition) is 5. The van der Waals surface area contributed by atoms with E-state index < -0.39 is 11.6 Å². The number of aromatic nitrogens is 4. The molecule has 0 spiro atoms. The zero-order chi connectivity index (χ0) is 18.1. The molecular weight excluding hydrogens is 358 g/mol. The highest BCUT2D eigenvalue weighted by molar-refractivity contribution is 7.98. The van der Waals surface area contributed by atoms with E-state index in [4.69, 9.17) is 0 Å². The van der Waals surface area contributed by atoms with E-state index >= 15 is 0 Å². The fourth-order valence-electron chi connectivity index (χ4n) is 3.27. The molecule has 5 nitrogen and oxygen atoms in total. The summed E-state index contributed by atoms with van der Waals surface area (Å²) in [5.74, 6) is -0.158. The quantitative estimate of drug-likeness (QED) is 0.682. The molecule has 136 valence electrons. The first-order valence-electron chi connectivity index (χ1n) is 8.64. The van der Waals surface area contributed by atoms with Gasteiger partial charge in [0.1, 0.15) is 0 Å². The SMILES string of the molecule is Oc1cc(CSc2cccc(F)c2F)nc2nc(C3CCCCC3)nn12. The van der Waals surface area contributed by atoms with Crippen LogP contribution in [0.5, 0.6) is 5.88 Å². The topological polar surface area (TPSA) is 63.3 Å². The summed E-state index contributed by atoms with van der Waals surface area (Å²) in [6.45, 7) is 0. The molecule has 0 radical (unpaired) electrons. The third kappa shape index (κ3) is 3.38. The Labute approximate surface area is 153 Å². The standard InChI is InChI=1S/C18H18F2N4OS/c19-13-7-4-8-14(16(13)20)26-10-12-9-15(25)24-18(21-12)22-17(23-24)11-5-2-1-3-6-11/h4,7-9,11,25H,1-3,5-6,10H2. The van der Waals surface area contributed by atoms with Crippen molar-refractivity contribution in [2.24, 2.45) is 0 Å². The first-order chi connectivity index (χ1) is 12.6. The van der Waals surface area contributed by atoms with Crippen LogP contribution in [0.1, 0.15) is 49.5 Å². The third-order valence-electron chi connectivity index (χ3n) is 4.62. The molecule has 1 saturated carbocycles. The summed E-state index contributed by atoms with van der Waals surface area (Å²) in [6, 6.07) is 5.54. The fraction of sp³-hybridized carbons (Fsp3) is 0.389. The Hall–Kier alpha value is -2.22. The maximum Gasteiger partial charge on any atom is 0.255 e. The molecule has 0 bridgehead atoms. The summed E-state index contributed by atoms with van der Waals surface area (Å²) in [5.41, 5.74) is 0.534. The van der Waals surface area contributed by atoms with E-state index in [1.54, 1.807) is 0 Å². The Morgan fingerprint density at radius 3 is 2.77 bits per heavy atom. The Morgan fingerprint density at radius 2 is 1.96 bits per heavy atom. The normalized spacial score (nSPS) is 15.6. The van der Waals surface area contributed by atoms with Gasteiger partial charge in [0.2, 0.25) is 5.88 Å². The highest BCUT2D eigenvalue weighted by atomic mass is 32.2. The summed E-state index contributed by atoms with van der Waals surface area (Å²) in [6.07, 6.45) is 5.69. The molecule has 1 aliphatic rings. The average molecular weight is 376 g/mol. The molecule has 26 heavy (non-hydrogen) atoms. The first kappa shape index (κ1) is 17.2. The average Bonchev–Trinajstić information content (AvgIpc) is 3.08. The van der Waals surface area contributed by atoms with Crippen LogP contribution in [0.15, 0.2) is 29.2 Å². The van der Waals surface area contributed by atoms with Crippen molar-refractivity contribution in [2.45, 2.75) is 48.7 Å². The summed E-state index contributed by atoms with van der Waals surface area (Å²) in [4.78, 5) is 9.10. The minimum Gasteiger partial charge on any atom is -0.493 e. The first-order valence-corrected chi connectivity index (χ1v) is 9.63. The minimum absolute atomic E-state index is 0.0557. The maximum absolute atomic E-state index is 13.8. The van der Waals surface area contributed by atoms with Crippen molar-refractivity contribution in [1.29, 1.82) is 0 Å². The molecule has 1 N–H and O–H groups in total. The molecule has 0 atom stereocenters. The number of fused-ring (bicyclic) bond motifs is 1. The van der Waals surface area contributed by atoms with Gasteiger partial charge in [0.15, 0.2) is 17.5 Å². The Bertz CT molecular complexity index is 940. The van der Waals surface area contributed by atoms with E-state index in [1.165, 1.54) is 42.0 Å². The smallest absolute Gasteiger partial charge is 0.255 e. The lowest BCUT2D eigenvalue weighted by Crippen LogP contribution is -2.06. The molecule has 0 amide bonds. The van der Waals surface area contributed by atoms with Crippen LogP contribution in [0.25, 0.3) is 5.78 Å². The largest absolute Gasteiger partial charge is 0.493 e. The summed E-state index contributed by atoms with van der Waals surface area (Å²) in [5, 5.41) is 14.6. The number of rotatable bonds is 4. The predicted octanol–water partition coefficient (Wildman–Crippen LogP) is 4.45. The van der Waals surface area contributed by atoms with Crippen molar-refractivity contribution in [3.05, 3.63) is 47.4 Å². The van der Waals surface area contributed by atoms with Gasteiger partial charge in [-0.1, -0.05) is 25.3 Å². The van der Waals surface area contributed by atoms with Crippen molar-refractivity contribution in [3.8, 4) is 5.88 Å². The lowest BCUT2D eigenvalue weighted by molar-refractivity contribution is 0.418. The van der Waals surface area contributed by atoms with Gasteiger partial charge in [0.05, 0.1) is 5.69 Å². The Morgan fingerprint density at radius 1 is 1.15 bits per heavy atom. The Balaban J connectivity index is 1.57. The van der Waals surface area contributed by atoms with Gasteiger partial charge in [0.25, 0.3) is 5.78 Å². The van der Waals surface area contributed by atoms with E-state index in [0.29, 0.717) is 23.2 Å². The third-order valence-corrected chi connectivity index (χ3v) is 5.69.